The Bertz CT molecular complexity index is 444. The molecule has 1 saturated heterocycles. The number of piperidine rings is 1. The Hall–Kier alpha value is -1.62. The van der Waals surface area contributed by atoms with Gasteiger partial charge in [-0.05, 0) is 18.9 Å². The molecule has 0 spiro atoms. The summed E-state index contributed by atoms with van der Waals surface area (Å²) < 4.78 is 5.06. The van der Waals surface area contributed by atoms with Crippen molar-refractivity contribution in [1.29, 1.82) is 0 Å². The molecule has 0 saturated carbocycles. The molecule has 0 bridgehead atoms. The SMILES string of the molecule is C=C(Cl)COC(=O)C1CCN(c2ncccn2)CC1. The maximum atomic E-state index is 11.8. The number of aromatic nitrogens is 2. The number of carbonyl (C=O) groups excluding carboxylic acids is 1. The topological polar surface area (TPSA) is 55.3 Å². The van der Waals surface area contributed by atoms with E-state index in [2.05, 4.69) is 21.4 Å². The Morgan fingerprint density at radius 2 is 2.05 bits per heavy atom. The molecule has 19 heavy (non-hydrogen) atoms. The Morgan fingerprint density at radius 3 is 2.63 bits per heavy atom. The molecule has 0 aliphatic carbocycles. The van der Waals surface area contributed by atoms with E-state index in [4.69, 9.17) is 16.3 Å². The fourth-order valence-corrected chi connectivity index (χ4v) is 2.09. The van der Waals surface area contributed by atoms with Crippen LogP contribution in [0.4, 0.5) is 5.95 Å². The number of hydrogen-bond acceptors (Lipinski definition) is 5. The van der Waals surface area contributed by atoms with Crippen LogP contribution in [-0.4, -0.2) is 35.6 Å². The molecule has 0 N–H and O–H groups in total. The number of anilines is 1. The zero-order valence-corrected chi connectivity index (χ0v) is 11.3. The quantitative estimate of drug-likeness (QED) is 0.790. The van der Waals surface area contributed by atoms with Crippen LogP contribution in [0.5, 0.6) is 0 Å². The number of hydrogen-bond donors (Lipinski definition) is 0. The largest absolute Gasteiger partial charge is 0.460 e. The van der Waals surface area contributed by atoms with Gasteiger partial charge in [0.1, 0.15) is 6.61 Å². The second-order valence-corrected chi connectivity index (χ2v) is 4.97. The van der Waals surface area contributed by atoms with Crippen LogP contribution in [0.2, 0.25) is 0 Å². The Morgan fingerprint density at radius 1 is 1.42 bits per heavy atom. The van der Waals surface area contributed by atoms with Gasteiger partial charge in [0.05, 0.1) is 5.92 Å². The molecular weight excluding hydrogens is 266 g/mol. The molecule has 1 aliphatic rings. The van der Waals surface area contributed by atoms with E-state index in [0.29, 0.717) is 11.0 Å². The molecule has 0 atom stereocenters. The molecule has 0 unspecified atom stereocenters. The van der Waals surface area contributed by atoms with Crippen LogP contribution in [-0.2, 0) is 9.53 Å². The number of ether oxygens (including phenoxy) is 1. The lowest BCUT2D eigenvalue weighted by Gasteiger charge is -2.30. The van der Waals surface area contributed by atoms with E-state index in [9.17, 15) is 4.79 Å². The van der Waals surface area contributed by atoms with E-state index >= 15 is 0 Å². The van der Waals surface area contributed by atoms with E-state index in [1.165, 1.54) is 0 Å². The van der Waals surface area contributed by atoms with Gasteiger partial charge < -0.3 is 9.64 Å². The summed E-state index contributed by atoms with van der Waals surface area (Å²) in [5, 5.41) is 0.337. The molecule has 0 aromatic carbocycles. The van der Waals surface area contributed by atoms with Gasteiger partial charge in [-0.3, -0.25) is 4.79 Å². The van der Waals surface area contributed by atoms with E-state index in [-0.39, 0.29) is 18.5 Å². The lowest BCUT2D eigenvalue weighted by atomic mass is 9.97. The van der Waals surface area contributed by atoms with Crippen LogP contribution in [0.1, 0.15) is 12.8 Å². The second-order valence-electron chi connectivity index (χ2n) is 4.44. The summed E-state index contributed by atoms with van der Waals surface area (Å²) in [4.78, 5) is 22.3. The van der Waals surface area contributed by atoms with Crippen molar-refractivity contribution in [1.82, 2.24) is 9.97 Å². The molecule has 1 aromatic heterocycles. The number of rotatable bonds is 4. The van der Waals surface area contributed by atoms with E-state index in [0.717, 1.165) is 25.9 Å². The summed E-state index contributed by atoms with van der Waals surface area (Å²) in [7, 11) is 0. The summed E-state index contributed by atoms with van der Waals surface area (Å²) in [6.45, 7) is 5.08. The third-order valence-corrected chi connectivity index (χ3v) is 3.14. The monoisotopic (exact) mass is 281 g/mol. The molecule has 2 heterocycles. The third-order valence-electron chi connectivity index (χ3n) is 3.03. The molecule has 6 heteroatoms. The average molecular weight is 282 g/mol. The minimum atomic E-state index is -0.199. The molecule has 2 rings (SSSR count). The first-order valence-electron chi connectivity index (χ1n) is 6.18. The van der Waals surface area contributed by atoms with Crippen molar-refractivity contribution in [2.45, 2.75) is 12.8 Å². The van der Waals surface area contributed by atoms with E-state index < -0.39 is 0 Å². The molecule has 1 fully saturated rings. The summed E-state index contributed by atoms with van der Waals surface area (Å²) in [5.41, 5.74) is 0. The highest BCUT2D eigenvalue weighted by Gasteiger charge is 2.27. The highest BCUT2D eigenvalue weighted by Crippen LogP contribution is 2.21. The zero-order chi connectivity index (χ0) is 13.7. The molecule has 5 nitrogen and oxygen atoms in total. The van der Waals surface area contributed by atoms with Crippen LogP contribution in [0, 0.1) is 5.92 Å². The summed E-state index contributed by atoms with van der Waals surface area (Å²) in [5.74, 6) is 0.440. The maximum absolute atomic E-state index is 11.8. The van der Waals surface area contributed by atoms with Gasteiger partial charge in [0.25, 0.3) is 0 Å². The molecule has 1 aliphatic heterocycles. The first-order chi connectivity index (χ1) is 9.16. The summed E-state index contributed by atoms with van der Waals surface area (Å²) in [6.07, 6.45) is 4.92. The van der Waals surface area contributed by atoms with Crippen molar-refractivity contribution in [3.63, 3.8) is 0 Å². The number of carbonyl (C=O) groups is 1. The van der Waals surface area contributed by atoms with E-state index in [1.807, 2.05) is 0 Å². The van der Waals surface area contributed by atoms with E-state index in [1.54, 1.807) is 18.5 Å². The lowest BCUT2D eigenvalue weighted by molar-refractivity contribution is -0.148. The lowest BCUT2D eigenvalue weighted by Crippen LogP contribution is -2.37. The molecule has 1 aromatic rings. The second kappa shape index (κ2) is 6.52. The highest BCUT2D eigenvalue weighted by atomic mass is 35.5. The first kappa shape index (κ1) is 13.8. The van der Waals surface area contributed by atoms with Crippen LogP contribution in [0.15, 0.2) is 30.1 Å². The standard InChI is InChI=1S/C13H16ClN3O2/c1-10(14)9-19-12(18)11-3-7-17(8-4-11)13-15-5-2-6-16-13/h2,5-6,11H,1,3-4,7-9H2. The van der Waals surface area contributed by atoms with Gasteiger partial charge in [0.2, 0.25) is 5.95 Å². The molecule has 0 radical (unpaired) electrons. The van der Waals surface area contributed by atoms with Gasteiger partial charge >= 0.3 is 5.97 Å². The minimum Gasteiger partial charge on any atom is -0.460 e. The van der Waals surface area contributed by atoms with Crippen LogP contribution < -0.4 is 4.90 Å². The maximum Gasteiger partial charge on any atom is 0.309 e. The van der Waals surface area contributed by atoms with Gasteiger partial charge in [-0.2, -0.15) is 0 Å². The zero-order valence-electron chi connectivity index (χ0n) is 10.6. The first-order valence-corrected chi connectivity index (χ1v) is 6.56. The van der Waals surface area contributed by atoms with Crippen molar-refractivity contribution in [3.8, 4) is 0 Å². The van der Waals surface area contributed by atoms with Crippen molar-refractivity contribution in [3.05, 3.63) is 30.1 Å². The van der Waals surface area contributed by atoms with Crippen LogP contribution in [0.25, 0.3) is 0 Å². The Kier molecular flexibility index (Phi) is 4.74. The average Bonchev–Trinajstić information content (AvgIpc) is 2.46. The fourth-order valence-electron chi connectivity index (χ4n) is 2.04. The highest BCUT2D eigenvalue weighted by molar-refractivity contribution is 6.29. The summed E-state index contributed by atoms with van der Waals surface area (Å²) >= 11 is 5.57. The molecule has 102 valence electrons. The predicted molar refractivity (Wildman–Crippen MR) is 72.9 cm³/mol. The minimum absolute atomic E-state index is 0.0732. The fraction of sp³-hybridized carbons (Fsp3) is 0.462. The van der Waals surface area contributed by atoms with Crippen LogP contribution in [0.3, 0.4) is 0 Å². The van der Waals surface area contributed by atoms with Gasteiger partial charge in [0, 0.05) is 30.5 Å². The Labute approximate surface area is 117 Å². The van der Waals surface area contributed by atoms with Crippen LogP contribution >= 0.6 is 11.6 Å². The predicted octanol–water partition coefficient (Wildman–Crippen LogP) is 1.99. The third kappa shape index (κ3) is 3.92. The van der Waals surface area contributed by atoms with Crippen molar-refractivity contribution < 1.29 is 9.53 Å². The number of esters is 1. The normalized spacial score (nSPS) is 16.2. The number of halogens is 1. The molecular formula is C13H16ClN3O2. The molecule has 0 amide bonds. The van der Waals surface area contributed by atoms with Gasteiger partial charge in [-0.1, -0.05) is 18.2 Å². The van der Waals surface area contributed by atoms with Gasteiger partial charge in [-0.25, -0.2) is 9.97 Å². The van der Waals surface area contributed by atoms with Crippen molar-refractivity contribution in [2.75, 3.05) is 24.6 Å². The number of nitrogens with zero attached hydrogens (tertiary/aromatic N) is 3. The smallest absolute Gasteiger partial charge is 0.309 e. The van der Waals surface area contributed by atoms with Gasteiger partial charge in [0.15, 0.2) is 0 Å². The van der Waals surface area contributed by atoms with Gasteiger partial charge in [-0.15, -0.1) is 0 Å². The van der Waals surface area contributed by atoms with Crippen molar-refractivity contribution in [2.24, 2.45) is 5.92 Å². The van der Waals surface area contributed by atoms with Crippen molar-refractivity contribution >= 4 is 23.5 Å². The summed E-state index contributed by atoms with van der Waals surface area (Å²) in [6, 6.07) is 1.78. The Balaban J connectivity index is 1.82.